The van der Waals surface area contributed by atoms with E-state index in [1.54, 1.807) is 0 Å². The molecule has 0 aliphatic heterocycles. The maximum Gasteiger partial charge on any atom is 0.150 e. The van der Waals surface area contributed by atoms with Crippen molar-refractivity contribution in [1.82, 2.24) is 14.9 Å². The number of anilines is 2. The van der Waals surface area contributed by atoms with Crippen LogP contribution in [0.2, 0.25) is 0 Å². The van der Waals surface area contributed by atoms with Gasteiger partial charge in [0.15, 0.2) is 5.82 Å². The molecule has 2 aromatic rings. The number of nitrogens with zero attached hydrogens (tertiary/aromatic N) is 4. The van der Waals surface area contributed by atoms with E-state index in [0.29, 0.717) is 6.54 Å². The Labute approximate surface area is 106 Å². The third kappa shape index (κ3) is 2.18. The highest BCUT2D eigenvalue weighted by Gasteiger charge is 2.16. The lowest BCUT2D eigenvalue weighted by atomic mass is 10.3. The van der Waals surface area contributed by atoms with Crippen molar-refractivity contribution in [3.8, 4) is 0 Å². The molecule has 2 rings (SSSR count). The van der Waals surface area contributed by atoms with Gasteiger partial charge in [-0.05, 0) is 20.8 Å². The van der Waals surface area contributed by atoms with E-state index in [0.717, 1.165) is 35.2 Å². The first-order valence-electron chi connectivity index (χ1n) is 5.99. The molecule has 0 unspecified atom stereocenters. The first-order valence-corrected chi connectivity index (χ1v) is 5.99. The lowest BCUT2D eigenvalue weighted by Crippen LogP contribution is -2.21. The van der Waals surface area contributed by atoms with Crippen molar-refractivity contribution in [3.63, 3.8) is 0 Å². The first-order chi connectivity index (χ1) is 8.52. The number of hydrogen-bond donors (Lipinski definition) is 1. The summed E-state index contributed by atoms with van der Waals surface area (Å²) in [5.41, 5.74) is 8.53. The third-order valence-electron chi connectivity index (χ3n) is 2.88. The minimum atomic E-state index is 0.646. The van der Waals surface area contributed by atoms with E-state index >= 15 is 0 Å². The molecule has 2 aromatic heterocycles. The molecule has 0 saturated carbocycles. The molecule has 0 spiro atoms. The standard InChI is InChI=1S/C12H19N5O/c1-5-17-12(11(13)9(3)14-17)16(4)7-10-6-8(2)18-15-10/h6H,5,7,13H2,1-4H3. The molecule has 0 amide bonds. The van der Waals surface area contributed by atoms with Crippen molar-refractivity contribution in [3.05, 3.63) is 23.2 Å². The molecule has 6 heteroatoms. The van der Waals surface area contributed by atoms with Crippen LogP contribution in [-0.4, -0.2) is 22.0 Å². The zero-order valence-electron chi connectivity index (χ0n) is 11.3. The number of nitrogen functional groups attached to an aromatic ring is 1. The highest BCUT2D eigenvalue weighted by Crippen LogP contribution is 2.26. The molecule has 0 fully saturated rings. The Morgan fingerprint density at radius 1 is 1.44 bits per heavy atom. The number of aromatic nitrogens is 3. The molecule has 0 radical (unpaired) electrons. The molecule has 0 bridgehead atoms. The quantitative estimate of drug-likeness (QED) is 0.893. The van der Waals surface area contributed by atoms with Gasteiger partial charge in [-0.25, -0.2) is 4.68 Å². The molecule has 2 heterocycles. The van der Waals surface area contributed by atoms with Crippen molar-refractivity contribution in [2.75, 3.05) is 17.7 Å². The summed E-state index contributed by atoms with van der Waals surface area (Å²) in [7, 11) is 1.98. The summed E-state index contributed by atoms with van der Waals surface area (Å²) in [6, 6.07) is 1.92. The van der Waals surface area contributed by atoms with Gasteiger partial charge in [0.2, 0.25) is 0 Å². The van der Waals surface area contributed by atoms with Gasteiger partial charge in [0.05, 0.1) is 17.9 Å². The van der Waals surface area contributed by atoms with E-state index in [2.05, 4.69) is 10.3 Å². The summed E-state index contributed by atoms with van der Waals surface area (Å²) >= 11 is 0. The minimum absolute atomic E-state index is 0.646. The average molecular weight is 249 g/mol. The van der Waals surface area contributed by atoms with Gasteiger partial charge in [-0.15, -0.1) is 0 Å². The molecule has 0 aromatic carbocycles. The van der Waals surface area contributed by atoms with Crippen LogP contribution >= 0.6 is 0 Å². The lowest BCUT2D eigenvalue weighted by molar-refractivity contribution is 0.390. The van der Waals surface area contributed by atoms with Gasteiger partial charge in [-0.2, -0.15) is 5.10 Å². The Kier molecular flexibility index (Phi) is 3.27. The monoisotopic (exact) mass is 249 g/mol. The van der Waals surface area contributed by atoms with Crippen LogP contribution in [-0.2, 0) is 13.1 Å². The number of aryl methyl sites for hydroxylation is 3. The molecule has 2 N–H and O–H groups in total. The summed E-state index contributed by atoms with van der Waals surface area (Å²) in [5.74, 6) is 1.74. The zero-order valence-corrected chi connectivity index (χ0v) is 11.3. The van der Waals surface area contributed by atoms with Gasteiger partial charge in [-0.3, -0.25) is 0 Å². The second-order valence-electron chi connectivity index (χ2n) is 4.42. The van der Waals surface area contributed by atoms with Crippen molar-refractivity contribution >= 4 is 11.5 Å². The maximum absolute atomic E-state index is 6.07. The van der Waals surface area contributed by atoms with Gasteiger partial charge >= 0.3 is 0 Å². The van der Waals surface area contributed by atoms with E-state index in [1.807, 2.05) is 43.5 Å². The van der Waals surface area contributed by atoms with E-state index in [4.69, 9.17) is 10.3 Å². The molecule has 0 atom stereocenters. The number of hydrogen-bond acceptors (Lipinski definition) is 5. The Bertz CT molecular complexity index is 543. The predicted octanol–water partition coefficient (Wildman–Crippen LogP) is 1.73. The summed E-state index contributed by atoms with van der Waals surface area (Å²) in [5, 5.41) is 8.39. The zero-order chi connectivity index (χ0) is 13.3. The van der Waals surface area contributed by atoms with E-state index in [1.165, 1.54) is 0 Å². The normalized spacial score (nSPS) is 10.9. The van der Waals surface area contributed by atoms with E-state index in [9.17, 15) is 0 Å². The van der Waals surface area contributed by atoms with Crippen molar-refractivity contribution in [2.45, 2.75) is 33.9 Å². The summed E-state index contributed by atoms with van der Waals surface area (Å²) < 4.78 is 6.96. The van der Waals surface area contributed by atoms with Crippen LogP contribution in [0.5, 0.6) is 0 Å². The Morgan fingerprint density at radius 2 is 2.17 bits per heavy atom. The van der Waals surface area contributed by atoms with Gasteiger partial charge in [0, 0.05) is 19.7 Å². The minimum Gasteiger partial charge on any atom is -0.394 e. The van der Waals surface area contributed by atoms with Crippen LogP contribution < -0.4 is 10.6 Å². The molecule has 18 heavy (non-hydrogen) atoms. The van der Waals surface area contributed by atoms with Gasteiger partial charge in [-0.1, -0.05) is 5.16 Å². The lowest BCUT2D eigenvalue weighted by Gasteiger charge is -2.19. The molecule has 0 saturated heterocycles. The van der Waals surface area contributed by atoms with Crippen LogP contribution in [0.3, 0.4) is 0 Å². The van der Waals surface area contributed by atoms with Gasteiger partial charge < -0.3 is 15.2 Å². The molecular weight excluding hydrogens is 230 g/mol. The molecule has 0 aliphatic rings. The molecule has 6 nitrogen and oxygen atoms in total. The summed E-state index contributed by atoms with van der Waals surface area (Å²) in [6.45, 7) is 7.27. The molecule has 98 valence electrons. The van der Waals surface area contributed by atoms with E-state index in [-0.39, 0.29) is 0 Å². The summed E-state index contributed by atoms with van der Waals surface area (Å²) in [4.78, 5) is 2.04. The predicted molar refractivity (Wildman–Crippen MR) is 70.4 cm³/mol. The van der Waals surface area contributed by atoms with Crippen molar-refractivity contribution < 1.29 is 4.52 Å². The fourth-order valence-corrected chi connectivity index (χ4v) is 2.02. The fourth-order valence-electron chi connectivity index (χ4n) is 2.02. The van der Waals surface area contributed by atoms with Crippen LogP contribution in [0.15, 0.2) is 10.6 Å². The second kappa shape index (κ2) is 4.72. The highest BCUT2D eigenvalue weighted by molar-refractivity contribution is 5.65. The number of rotatable bonds is 4. The maximum atomic E-state index is 6.07. The van der Waals surface area contributed by atoms with Gasteiger partial charge in [0.1, 0.15) is 11.5 Å². The third-order valence-corrected chi connectivity index (χ3v) is 2.88. The smallest absolute Gasteiger partial charge is 0.150 e. The van der Waals surface area contributed by atoms with E-state index < -0.39 is 0 Å². The second-order valence-corrected chi connectivity index (χ2v) is 4.42. The fraction of sp³-hybridized carbons (Fsp3) is 0.500. The average Bonchev–Trinajstić information content (AvgIpc) is 2.84. The topological polar surface area (TPSA) is 73.1 Å². The van der Waals surface area contributed by atoms with Crippen LogP contribution in [0, 0.1) is 13.8 Å². The van der Waals surface area contributed by atoms with Crippen LogP contribution in [0.25, 0.3) is 0 Å². The summed E-state index contributed by atoms with van der Waals surface area (Å²) in [6.07, 6.45) is 0. The Morgan fingerprint density at radius 3 is 2.72 bits per heavy atom. The van der Waals surface area contributed by atoms with Crippen LogP contribution in [0.4, 0.5) is 11.5 Å². The first kappa shape index (κ1) is 12.5. The molecule has 0 aliphatic carbocycles. The Balaban J connectivity index is 2.25. The largest absolute Gasteiger partial charge is 0.394 e. The highest BCUT2D eigenvalue weighted by atomic mass is 16.5. The molecular formula is C12H19N5O. The van der Waals surface area contributed by atoms with Crippen molar-refractivity contribution in [2.24, 2.45) is 0 Å². The Hall–Kier alpha value is -1.98. The van der Waals surface area contributed by atoms with Crippen LogP contribution in [0.1, 0.15) is 24.1 Å². The van der Waals surface area contributed by atoms with Gasteiger partial charge in [0.25, 0.3) is 0 Å². The number of nitrogens with two attached hydrogens (primary N) is 1. The van der Waals surface area contributed by atoms with Crippen molar-refractivity contribution in [1.29, 1.82) is 0 Å². The SMILES string of the molecule is CCn1nc(C)c(N)c1N(C)Cc1cc(C)on1.